The number of anilines is 1. The van der Waals surface area contributed by atoms with Crippen LogP contribution in [0.2, 0.25) is 0 Å². The molecule has 4 nitrogen and oxygen atoms in total. The van der Waals surface area contributed by atoms with Crippen molar-refractivity contribution in [2.75, 3.05) is 38.1 Å². The van der Waals surface area contributed by atoms with Crippen molar-refractivity contribution in [3.8, 4) is 0 Å². The van der Waals surface area contributed by atoms with E-state index in [4.69, 9.17) is 0 Å². The maximum absolute atomic E-state index is 12.5. The van der Waals surface area contributed by atoms with Crippen LogP contribution in [0.5, 0.6) is 0 Å². The summed E-state index contributed by atoms with van der Waals surface area (Å²) in [6.45, 7) is 4.30. The van der Waals surface area contributed by atoms with Gasteiger partial charge in [-0.2, -0.15) is 0 Å². The molecule has 1 aliphatic heterocycles. The number of carbonyl (C=O) groups excluding carboxylic acids is 1. The number of rotatable bonds is 8. The van der Waals surface area contributed by atoms with Crippen LogP contribution in [0.1, 0.15) is 43.2 Å². The quantitative estimate of drug-likeness (QED) is 0.740. The van der Waals surface area contributed by atoms with E-state index < -0.39 is 0 Å². The Labute approximate surface area is 174 Å². The third-order valence-corrected chi connectivity index (χ3v) is 6.39. The first-order valence-corrected chi connectivity index (χ1v) is 11.0. The predicted molar refractivity (Wildman–Crippen MR) is 119 cm³/mol. The van der Waals surface area contributed by atoms with Gasteiger partial charge in [-0.15, -0.1) is 0 Å². The average molecular weight is 392 g/mol. The lowest BCUT2D eigenvalue weighted by atomic mass is 9.96. The molecule has 2 aromatic carbocycles. The number of hydrogen-bond acceptors (Lipinski definition) is 3. The summed E-state index contributed by atoms with van der Waals surface area (Å²) in [4.78, 5) is 17.0. The van der Waals surface area contributed by atoms with Crippen molar-refractivity contribution in [3.05, 3.63) is 65.7 Å². The van der Waals surface area contributed by atoms with Crippen molar-refractivity contribution in [3.63, 3.8) is 0 Å². The van der Waals surface area contributed by atoms with E-state index in [2.05, 4.69) is 63.6 Å². The lowest BCUT2D eigenvalue weighted by molar-refractivity contribution is -0.122. The Hall–Kier alpha value is -2.33. The predicted octanol–water partition coefficient (Wildman–Crippen LogP) is 3.96. The van der Waals surface area contributed by atoms with Crippen LogP contribution in [-0.4, -0.2) is 44.0 Å². The zero-order chi connectivity index (χ0) is 20.1. The number of likely N-dealkylation sites (N-methyl/N-ethyl adjacent to an activating group) is 1. The highest BCUT2D eigenvalue weighted by Crippen LogP contribution is 2.47. The van der Waals surface area contributed by atoms with Crippen LogP contribution < -0.4 is 10.2 Å². The van der Waals surface area contributed by atoms with Gasteiger partial charge in [0, 0.05) is 37.3 Å². The molecular weight excluding hydrogens is 358 g/mol. The van der Waals surface area contributed by atoms with Crippen molar-refractivity contribution in [1.82, 2.24) is 10.2 Å². The molecular formula is C25H33N3O. The molecule has 1 N–H and O–H groups in total. The minimum atomic E-state index is 0.111. The summed E-state index contributed by atoms with van der Waals surface area (Å²) in [5.74, 6) is 0.111. The van der Waals surface area contributed by atoms with E-state index in [1.165, 1.54) is 49.2 Å². The van der Waals surface area contributed by atoms with E-state index in [0.717, 1.165) is 25.9 Å². The van der Waals surface area contributed by atoms with Gasteiger partial charge in [-0.05, 0) is 62.4 Å². The van der Waals surface area contributed by atoms with Crippen molar-refractivity contribution >= 4 is 11.6 Å². The van der Waals surface area contributed by atoms with Crippen molar-refractivity contribution in [2.24, 2.45) is 0 Å². The largest absolute Gasteiger partial charge is 0.372 e. The molecule has 2 aromatic rings. The molecule has 154 valence electrons. The highest BCUT2D eigenvalue weighted by atomic mass is 16.2. The Morgan fingerprint density at radius 2 is 1.69 bits per heavy atom. The average Bonchev–Trinajstić information content (AvgIpc) is 3.55. The van der Waals surface area contributed by atoms with E-state index in [9.17, 15) is 4.79 Å². The second-order valence-corrected chi connectivity index (χ2v) is 8.81. The highest BCUT2D eigenvalue weighted by molar-refractivity contribution is 5.78. The maximum Gasteiger partial charge on any atom is 0.234 e. The van der Waals surface area contributed by atoms with Gasteiger partial charge in [0.2, 0.25) is 5.91 Å². The van der Waals surface area contributed by atoms with Crippen LogP contribution >= 0.6 is 0 Å². The number of piperidine rings is 1. The summed E-state index contributed by atoms with van der Waals surface area (Å²) >= 11 is 0. The monoisotopic (exact) mass is 391 g/mol. The van der Waals surface area contributed by atoms with Gasteiger partial charge in [0.25, 0.3) is 0 Å². The Balaban J connectivity index is 1.23. The molecule has 0 aromatic heterocycles. The van der Waals surface area contributed by atoms with Gasteiger partial charge < -0.3 is 10.2 Å². The number of hydrogen-bond donors (Lipinski definition) is 1. The molecule has 1 saturated heterocycles. The van der Waals surface area contributed by atoms with Crippen LogP contribution in [0.15, 0.2) is 54.6 Å². The van der Waals surface area contributed by atoms with Crippen LogP contribution in [0.3, 0.4) is 0 Å². The summed E-state index contributed by atoms with van der Waals surface area (Å²) in [5.41, 5.74) is 4.09. The van der Waals surface area contributed by atoms with Crippen molar-refractivity contribution < 1.29 is 4.79 Å². The standard InChI is InChI=1S/C25H33N3O/c1-27(18-21-10-12-23(13-11-21)28-16-6-3-7-17-28)19-24(29)26-20-25(14-15-25)22-8-4-2-5-9-22/h2,4-5,8-13H,3,6-7,14-20H2,1H3,(H,26,29). The zero-order valence-electron chi connectivity index (χ0n) is 17.6. The molecule has 2 aliphatic rings. The Morgan fingerprint density at radius 1 is 1.00 bits per heavy atom. The lowest BCUT2D eigenvalue weighted by Crippen LogP contribution is -2.38. The third-order valence-electron chi connectivity index (χ3n) is 6.39. The van der Waals surface area contributed by atoms with Crippen molar-refractivity contribution in [1.29, 1.82) is 0 Å². The first-order chi connectivity index (χ1) is 14.1. The van der Waals surface area contributed by atoms with E-state index >= 15 is 0 Å². The molecule has 2 fully saturated rings. The normalized spacial score (nSPS) is 17.9. The molecule has 1 heterocycles. The molecule has 29 heavy (non-hydrogen) atoms. The number of benzene rings is 2. The molecule has 1 amide bonds. The van der Waals surface area contributed by atoms with Gasteiger partial charge >= 0.3 is 0 Å². The fourth-order valence-corrected chi connectivity index (χ4v) is 4.41. The SMILES string of the molecule is CN(CC(=O)NCC1(c2ccccc2)CC1)Cc1ccc(N2CCCCC2)cc1. The second kappa shape index (κ2) is 9.00. The van der Waals surface area contributed by atoms with Gasteiger partial charge in [0.05, 0.1) is 6.54 Å². The fraction of sp³-hybridized carbons (Fsp3) is 0.480. The van der Waals surface area contributed by atoms with E-state index in [1.54, 1.807) is 0 Å². The van der Waals surface area contributed by atoms with Crippen LogP contribution in [0.25, 0.3) is 0 Å². The summed E-state index contributed by atoms with van der Waals surface area (Å²) in [6.07, 6.45) is 6.28. The minimum Gasteiger partial charge on any atom is -0.372 e. The molecule has 0 radical (unpaired) electrons. The molecule has 4 heteroatoms. The lowest BCUT2D eigenvalue weighted by Gasteiger charge is -2.29. The number of nitrogens with one attached hydrogen (secondary N) is 1. The highest BCUT2D eigenvalue weighted by Gasteiger charge is 2.44. The molecule has 0 atom stereocenters. The Bertz CT molecular complexity index is 793. The smallest absolute Gasteiger partial charge is 0.234 e. The topological polar surface area (TPSA) is 35.6 Å². The molecule has 0 spiro atoms. The first kappa shape index (κ1) is 20.0. The summed E-state index contributed by atoms with van der Waals surface area (Å²) < 4.78 is 0. The molecule has 0 unspecified atom stereocenters. The van der Waals surface area contributed by atoms with Gasteiger partial charge in [-0.25, -0.2) is 0 Å². The van der Waals surface area contributed by atoms with Gasteiger partial charge in [0.15, 0.2) is 0 Å². The maximum atomic E-state index is 12.5. The van der Waals surface area contributed by atoms with Crippen LogP contribution in [0.4, 0.5) is 5.69 Å². The van der Waals surface area contributed by atoms with Crippen LogP contribution in [-0.2, 0) is 16.8 Å². The van der Waals surface area contributed by atoms with Crippen molar-refractivity contribution in [2.45, 2.75) is 44.1 Å². The second-order valence-electron chi connectivity index (χ2n) is 8.81. The first-order valence-electron chi connectivity index (χ1n) is 11.0. The van der Waals surface area contributed by atoms with E-state index in [0.29, 0.717) is 6.54 Å². The van der Waals surface area contributed by atoms with Crippen LogP contribution in [0, 0.1) is 0 Å². The van der Waals surface area contributed by atoms with E-state index in [-0.39, 0.29) is 11.3 Å². The molecule has 1 aliphatic carbocycles. The minimum absolute atomic E-state index is 0.111. The number of amides is 1. The third kappa shape index (κ3) is 5.18. The zero-order valence-corrected chi connectivity index (χ0v) is 17.6. The Kier molecular flexibility index (Phi) is 6.19. The molecule has 4 rings (SSSR count). The van der Waals surface area contributed by atoms with E-state index in [1.807, 2.05) is 13.1 Å². The van der Waals surface area contributed by atoms with Gasteiger partial charge in [-0.3, -0.25) is 9.69 Å². The molecule has 1 saturated carbocycles. The summed E-state index contributed by atoms with van der Waals surface area (Å²) in [6, 6.07) is 19.4. The molecule has 0 bridgehead atoms. The fourth-order valence-electron chi connectivity index (χ4n) is 4.41. The number of carbonyl (C=O) groups is 1. The van der Waals surface area contributed by atoms with Gasteiger partial charge in [-0.1, -0.05) is 42.5 Å². The summed E-state index contributed by atoms with van der Waals surface area (Å²) in [5, 5.41) is 3.17. The Morgan fingerprint density at radius 3 is 2.34 bits per heavy atom. The van der Waals surface area contributed by atoms with Gasteiger partial charge in [0.1, 0.15) is 0 Å². The summed E-state index contributed by atoms with van der Waals surface area (Å²) in [7, 11) is 2.02. The number of nitrogens with zero attached hydrogens (tertiary/aromatic N) is 2.